The van der Waals surface area contributed by atoms with Crippen LogP contribution in [0.15, 0.2) is 16.6 Å². The number of nitrogens with two attached hydrogens (primary N) is 1. The second-order valence-electron chi connectivity index (χ2n) is 4.23. The number of nitrogen functional groups attached to an aromatic ring is 1. The Morgan fingerprint density at radius 2 is 2.29 bits per heavy atom. The number of rotatable bonds is 1. The molecule has 1 aliphatic heterocycles. The van der Waals surface area contributed by atoms with Gasteiger partial charge in [-0.3, -0.25) is 4.79 Å². The third kappa shape index (κ3) is 2.16. The molecule has 88 valence electrons. The molecule has 1 atom stereocenters. The van der Waals surface area contributed by atoms with Crippen LogP contribution in [0.4, 0.5) is 11.4 Å². The second kappa shape index (κ2) is 4.42. The van der Waals surface area contributed by atoms with E-state index in [2.05, 4.69) is 21.9 Å². The summed E-state index contributed by atoms with van der Waals surface area (Å²) in [4.78, 5) is 13.5. The monoisotopic (exact) mass is 292 g/mol. The van der Waals surface area contributed by atoms with E-state index in [0.717, 1.165) is 15.7 Å². The predicted molar refractivity (Wildman–Crippen MR) is 72.6 cm³/mol. The maximum absolute atomic E-state index is 11.9. The summed E-state index contributed by atoms with van der Waals surface area (Å²) >= 11 is 3.45. The summed E-state index contributed by atoms with van der Waals surface area (Å²) in [5, 5.41) is 0. The molecule has 3 nitrogen and oxygen atoms in total. The number of carbonyl (C=O) groups is 1. The predicted octanol–water partition coefficient (Wildman–Crippen LogP) is 2.33. The van der Waals surface area contributed by atoms with Crippen molar-refractivity contribution >= 4 is 33.2 Å². The molecule has 17 heavy (non-hydrogen) atoms. The molecule has 0 radical (unpaired) electrons. The first-order valence-electron chi connectivity index (χ1n) is 5.35. The molecule has 2 N–H and O–H groups in total. The minimum Gasteiger partial charge on any atom is -0.397 e. The summed E-state index contributed by atoms with van der Waals surface area (Å²) in [5.41, 5.74) is 8.35. The Kier molecular flexibility index (Phi) is 3.12. The fourth-order valence-corrected chi connectivity index (χ4v) is 2.31. The molecule has 0 aromatic heterocycles. The van der Waals surface area contributed by atoms with Crippen LogP contribution in [0.3, 0.4) is 0 Å². The lowest BCUT2D eigenvalue weighted by atomic mass is 10.1. The van der Waals surface area contributed by atoms with Gasteiger partial charge in [-0.2, -0.15) is 0 Å². The Labute approximate surface area is 109 Å². The number of nitrogens with zero attached hydrogens (tertiary/aromatic N) is 1. The third-order valence-electron chi connectivity index (χ3n) is 2.96. The molecular weight excluding hydrogens is 280 g/mol. The smallest absolute Gasteiger partial charge is 0.228 e. The molecule has 1 unspecified atom stereocenters. The van der Waals surface area contributed by atoms with Crippen LogP contribution in [0.2, 0.25) is 0 Å². The van der Waals surface area contributed by atoms with Crippen LogP contribution >= 0.6 is 15.9 Å². The third-order valence-corrected chi connectivity index (χ3v) is 3.81. The minimum atomic E-state index is -0.0121. The average molecular weight is 293 g/mol. The van der Waals surface area contributed by atoms with Gasteiger partial charge in [0.15, 0.2) is 0 Å². The van der Waals surface area contributed by atoms with E-state index in [1.807, 2.05) is 19.1 Å². The first-order valence-corrected chi connectivity index (χ1v) is 6.14. The first kappa shape index (κ1) is 12.0. The molecule has 0 saturated carbocycles. The van der Waals surface area contributed by atoms with Gasteiger partial charge >= 0.3 is 0 Å². The van der Waals surface area contributed by atoms with Crippen LogP contribution in [-0.2, 0) is 4.79 Å². The quantitative estimate of drug-likeness (QED) is 0.638. The van der Waals surface area contributed by atoms with Crippen molar-refractivity contribution in [2.24, 2.45) is 5.92 Å². The Morgan fingerprint density at radius 3 is 2.88 bits per heavy atom. The van der Waals surface area contributed by atoms with Gasteiger partial charge in [0.1, 0.15) is 0 Å². The lowest BCUT2D eigenvalue weighted by molar-refractivity contribution is -0.117. The normalized spacial score (nSPS) is 19.5. The molecule has 1 heterocycles. The summed E-state index contributed by atoms with van der Waals surface area (Å²) in [7, 11) is 0. The standard InChI is InChI=1S/C13H13BrN2O/c1-3-9-5-13(17)16(7-9)12-6-10(14)8(2)4-11(12)15/h1,4,6,9H,5,7,15H2,2H3. The zero-order chi connectivity index (χ0) is 12.6. The molecule has 1 aromatic rings. The van der Waals surface area contributed by atoms with Crippen LogP contribution in [-0.4, -0.2) is 12.5 Å². The first-order chi connectivity index (χ1) is 8.02. The molecule has 2 rings (SSSR count). The fraction of sp³-hybridized carbons (Fsp3) is 0.308. The van der Waals surface area contributed by atoms with Crippen molar-refractivity contribution in [2.75, 3.05) is 17.2 Å². The Bertz CT molecular complexity index is 519. The maximum atomic E-state index is 11.9. The number of hydrogen-bond acceptors (Lipinski definition) is 2. The van der Waals surface area contributed by atoms with Gasteiger partial charge < -0.3 is 10.6 Å². The fourth-order valence-electron chi connectivity index (χ4n) is 1.98. The van der Waals surface area contributed by atoms with Crippen molar-refractivity contribution in [3.63, 3.8) is 0 Å². The van der Waals surface area contributed by atoms with E-state index >= 15 is 0 Å². The van der Waals surface area contributed by atoms with Gasteiger partial charge in [-0.05, 0) is 24.6 Å². The number of aryl methyl sites for hydroxylation is 1. The zero-order valence-corrected chi connectivity index (χ0v) is 11.1. The van der Waals surface area contributed by atoms with E-state index in [0.29, 0.717) is 18.7 Å². The summed E-state index contributed by atoms with van der Waals surface area (Å²) in [6, 6.07) is 3.73. The van der Waals surface area contributed by atoms with Gasteiger partial charge in [-0.1, -0.05) is 15.9 Å². The van der Waals surface area contributed by atoms with Crippen LogP contribution in [0.5, 0.6) is 0 Å². The molecule has 0 spiro atoms. The van der Waals surface area contributed by atoms with Gasteiger partial charge in [0.2, 0.25) is 5.91 Å². The molecule has 1 amide bonds. The summed E-state index contributed by atoms with van der Waals surface area (Å²) in [5.74, 6) is 2.65. The van der Waals surface area contributed by atoms with E-state index in [1.54, 1.807) is 4.90 Å². The van der Waals surface area contributed by atoms with Crippen molar-refractivity contribution < 1.29 is 4.79 Å². The van der Waals surface area contributed by atoms with Crippen LogP contribution < -0.4 is 10.6 Å². The Balaban J connectivity index is 2.39. The molecule has 1 saturated heterocycles. The van der Waals surface area contributed by atoms with E-state index in [-0.39, 0.29) is 11.8 Å². The summed E-state index contributed by atoms with van der Waals surface area (Å²) in [6.07, 6.45) is 5.76. The van der Waals surface area contributed by atoms with Crippen LogP contribution in [0.1, 0.15) is 12.0 Å². The Morgan fingerprint density at radius 1 is 1.59 bits per heavy atom. The van der Waals surface area contributed by atoms with Crippen LogP contribution in [0, 0.1) is 25.2 Å². The maximum Gasteiger partial charge on any atom is 0.228 e. The van der Waals surface area contributed by atoms with Crippen LogP contribution in [0.25, 0.3) is 0 Å². The zero-order valence-electron chi connectivity index (χ0n) is 9.53. The molecule has 0 aliphatic carbocycles. The van der Waals surface area contributed by atoms with E-state index in [9.17, 15) is 4.79 Å². The SMILES string of the molecule is C#CC1CC(=O)N(c2cc(Br)c(C)cc2N)C1. The van der Waals surface area contributed by atoms with Gasteiger partial charge in [0, 0.05) is 23.4 Å². The van der Waals surface area contributed by atoms with Gasteiger partial charge in [0.05, 0.1) is 11.4 Å². The highest BCUT2D eigenvalue weighted by molar-refractivity contribution is 9.10. The highest BCUT2D eigenvalue weighted by Crippen LogP contribution is 2.33. The van der Waals surface area contributed by atoms with E-state index in [1.165, 1.54) is 0 Å². The lowest BCUT2D eigenvalue weighted by Gasteiger charge is -2.19. The summed E-state index contributed by atoms with van der Waals surface area (Å²) < 4.78 is 0.943. The van der Waals surface area contributed by atoms with Crippen molar-refractivity contribution in [3.8, 4) is 12.3 Å². The van der Waals surface area contributed by atoms with E-state index in [4.69, 9.17) is 12.2 Å². The second-order valence-corrected chi connectivity index (χ2v) is 5.09. The molecule has 0 bridgehead atoms. The highest BCUT2D eigenvalue weighted by atomic mass is 79.9. The van der Waals surface area contributed by atoms with Gasteiger partial charge in [-0.15, -0.1) is 12.3 Å². The highest BCUT2D eigenvalue weighted by Gasteiger charge is 2.30. The van der Waals surface area contributed by atoms with E-state index < -0.39 is 0 Å². The topological polar surface area (TPSA) is 46.3 Å². The number of benzene rings is 1. The largest absolute Gasteiger partial charge is 0.397 e. The van der Waals surface area contributed by atoms with Crippen molar-refractivity contribution in [1.29, 1.82) is 0 Å². The van der Waals surface area contributed by atoms with Crippen molar-refractivity contribution in [1.82, 2.24) is 0 Å². The minimum absolute atomic E-state index is 0.0121. The molecule has 4 heteroatoms. The molecule has 1 fully saturated rings. The Hall–Kier alpha value is -1.47. The number of carbonyl (C=O) groups excluding carboxylic acids is 1. The average Bonchev–Trinajstić information content (AvgIpc) is 2.65. The van der Waals surface area contributed by atoms with Gasteiger partial charge in [0.25, 0.3) is 0 Å². The van der Waals surface area contributed by atoms with Gasteiger partial charge in [-0.25, -0.2) is 0 Å². The van der Waals surface area contributed by atoms with Crippen molar-refractivity contribution in [2.45, 2.75) is 13.3 Å². The number of anilines is 2. The molecule has 1 aliphatic rings. The van der Waals surface area contributed by atoms with Crippen molar-refractivity contribution in [3.05, 3.63) is 22.2 Å². The number of halogens is 1. The number of terminal acetylenes is 1. The number of amides is 1. The lowest BCUT2D eigenvalue weighted by Crippen LogP contribution is -2.25. The number of hydrogen-bond donors (Lipinski definition) is 1. The molecule has 1 aromatic carbocycles. The molecular formula is C13H13BrN2O. The summed E-state index contributed by atoms with van der Waals surface area (Å²) in [6.45, 7) is 2.51.